The highest BCUT2D eigenvalue weighted by atomic mass is 32.2. The average Bonchev–Trinajstić information content (AvgIpc) is 2.82. The van der Waals surface area contributed by atoms with E-state index < -0.39 is 10.0 Å². The molecule has 0 aliphatic rings. The summed E-state index contributed by atoms with van der Waals surface area (Å²) >= 11 is 0. The summed E-state index contributed by atoms with van der Waals surface area (Å²) in [6.07, 6.45) is 0. The van der Waals surface area contributed by atoms with E-state index in [2.05, 4.69) is 14.9 Å². The smallest absolute Gasteiger partial charge is 0.241 e. The van der Waals surface area contributed by atoms with Gasteiger partial charge in [-0.3, -0.25) is 0 Å². The molecule has 0 aliphatic carbocycles. The van der Waals surface area contributed by atoms with Crippen LogP contribution in [0.5, 0.6) is 0 Å². The van der Waals surface area contributed by atoms with E-state index in [0.29, 0.717) is 5.82 Å². The summed E-state index contributed by atoms with van der Waals surface area (Å²) < 4.78 is 31.5. The van der Waals surface area contributed by atoms with Gasteiger partial charge in [0.2, 0.25) is 15.9 Å². The van der Waals surface area contributed by atoms with Gasteiger partial charge in [0.05, 0.1) is 11.4 Å². The fourth-order valence-corrected chi connectivity index (χ4v) is 2.65. The lowest BCUT2D eigenvalue weighted by atomic mass is 10.1. The van der Waals surface area contributed by atoms with Crippen molar-refractivity contribution in [2.24, 2.45) is 5.73 Å². The topological polar surface area (TPSA) is 111 Å². The Morgan fingerprint density at radius 3 is 2.80 bits per heavy atom. The minimum Gasteiger partial charge on any atom is -0.338 e. The van der Waals surface area contributed by atoms with Gasteiger partial charge in [0, 0.05) is 6.04 Å². The van der Waals surface area contributed by atoms with Crippen LogP contribution in [0.15, 0.2) is 33.7 Å². The number of rotatable bonds is 5. The SMILES string of the molecule is Cc1noc(CNS(=O)(=O)c2cccc(C(C)N)c2)n1. The van der Waals surface area contributed by atoms with Gasteiger partial charge in [0.25, 0.3) is 0 Å². The molecule has 1 aromatic heterocycles. The van der Waals surface area contributed by atoms with Crippen molar-refractivity contribution < 1.29 is 12.9 Å². The Morgan fingerprint density at radius 2 is 2.20 bits per heavy atom. The van der Waals surface area contributed by atoms with Crippen molar-refractivity contribution in [3.63, 3.8) is 0 Å². The van der Waals surface area contributed by atoms with E-state index in [4.69, 9.17) is 10.3 Å². The van der Waals surface area contributed by atoms with Crippen LogP contribution >= 0.6 is 0 Å². The summed E-state index contributed by atoms with van der Waals surface area (Å²) in [6.45, 7) is 3.40. The third-order valence-electron chi connectivity index (χ3n) is 2.68. The molecular formula is C12H16N4O3S. The molecule has 0 fully saturated rings. The molecule has 1 heterocycles. The van der Waals surface area contributed by atoms with Crippen LogP contribution in [0.4, 0.5) is 0 Å². The van der Waals surface area contributed by atoms with Crippen LogP contribution in [-0.2, 0) is 16.6 Å². The molecule has 1 aromatic carbocycles. The zero-order valence-corrected chi connectivity index (χ0v) is 12.0. The van der Waals surface area contributed by atoms with Crippen LogP contribution < -0.4 is 10.5 Å². The van der Waals surface area contributed by atoms with Gasteiger partial charge < -0.3 is 10.3 Å². The van der Waals surface area contributed by atoms with E-state index in [1.54, 1.807) is 32.0 Å². The molecule has 20 heavy (non-hydrogen) atoms. The summed E-state index contributed by atoms with van der Waals surface area (Å²) in [5, 5.41) is 3.59. The van der Waals surface area contributed by atoms with Crippen molar-refractivity contribution in [1.82, 2.24) is 14.9 Å². The lowest BCUT2D eigenvalue weighted by molar-refractivity contribution is 0.372. The quantitative estimate of drug-likeness (QED) is 0.847. The number of nitrogens with one attached hydrogen (secondary N) is 1. The first kappa shape index (κ1) is 14.6. The van der Waals surface area contributed by atoms with Gasteiger partial charge in [-0.1, -0.05) is 17.3 Å². The maximum atomic E-state index is 12.1. The average molecular weight is 296 g/mol. The molecule has 7 nitrogen and oxygen atoms in total. The molecule has 8 heteroatoms. The van der Waals surface area contributed by atoms with Crippen molar-refractivity contribution in [3.05, 3.63) is 41.5 Å². The lowest BCUT2D eigenvalue weighted by Crippen LogP contribution is -2.23. The van der Waals surface area contributed by atoms with Crippen LogP contribution in [0.2, 0.25) is 0 Å². The molecule has 3 N–H and O–H groups in total. The zero-order valence-electron chi connectivity index (χ0n) is 11.2. The van der Waals surface area contributed by atoms with E-state index >= 15 is 0 Å². The minimum atomic E-state index is -3.64. The molecule has 2 aromatic rings. The molecule has 0 aliphatic heterocycles. The van der Waals surface area contributed by atoms with Gasteiger partial charge in [-0.25, -0.2) is 13.1 Å². The molecule has 1 atom stereocenters. The Kier molecular flexibility index (Phi) is 4.17. The van der Waals surface area contributed by atoms with Crippen molar-refractivity contribution in [2.75, 3.05) is 0 Å². The van der Waals surface area contributed by atoms with Crippen LogP contribution in [0.1, 0.15) is 30.2 Å². The normalized spacial score (nSPS) is 13.3. The summed E-state index contributed by atoms with van der Waals surface area (Å²) in [5.41, 5.74) is 6.50. The van der Waals surface area contributed by atoms with Crippen LogP contribution in [0.3, 0.4) is 0 Å². The standard InChI is InChI=1S/C12H16N4O3S/c1-8(13)10-4-3-5-11(6-10)20(17,18)14-7-12-15-9(2)16-19-12/h3-6,8,14H,7,13H2,1-2H3. The first-order valence-corrected chi connectivity index (χ1v) is 7.51. The summed E-state index contributed by atoms with van der Waals surface area (Å²) in [7, 11) is -3.64. The largest absolute Gasteiger partial charge is 0.338 e. The van der Waals surface area contributed by atoms with Crippen LogP contribution in [-0.4, -0.2) is 18.6 Å². The number of nitrogens with two attached hydrogens (primary N) is 1. The summed E-state index contributed by atoms with van der Waals surface area (Å²) in [4.78, 5) is 4.08. The van der Waals surface area contributed by atoms with Crippen molar-refractivity contribution in [3.8, 4) is 0 Å². The second-order valence-electron chi connectivity index (χ2n) is 4.42. The molecule has 0 amide bonds. The van der Waals surface area contributed by atoms with Gasteiger partial charge in [0.15, 0.2) is 5.82 Å². The molecule has 108 valence electrons. The highest BCUT2D eigenvalue weighted by molar-refractivity contribution is 7.89. The van der Waals surface area contributed by atoms with Crippen molar-refractivity contribution >= 4 is 10.0 Å². The second kappa shape index (κ2) is 5.70. The molecule has 2 rings (SSSR count). The second-order valence-corrected chi connectivity index (χ2v) is 6.19. The van der Waals surface area contributed by atoms with E-state index in [9.17, 15) is 8.42 Å². The number of benzene rings is 1. The van der Waals surface area contributed by atoms with E-state index in [0.717, 1.165) is 5.56 Å². The number of nitrogens with zero attached hydrogens (tertiary/aromatic N) is 2. The third kappa shape index (κ3) is 3.41. The fourth-order valence-electron chi connectivity index (χ4n) is 1.62. The highest BCUT2D eigenvalue weighted by Crippen LogP contribution is 2.16. The van der Waals surface area contributed by atoms with Crippen LogP contribution in [0.25, 0.3) is 0 Å². The molecule has 0 spiro atoms. The fraction of sp³-hybridized carbons (Fsp3) is 0.333. The predicted octanol–water partition coefficient (Wildman–Crippen LogP) is 0.876. The molecule has 0 saturated carbocycles. The molecular weight excluding hydrogens is 280 g/mol. The van der Waals surface area contributed by atoms with Gasteiger partial charge in [-0.2, -0.15) is 4.98 Å². The third-order valence-corrected chi connectivity index (χ3v) is 4.08. The van der Waals surface area contributed by atoms with Gasteiger partial charge in [0.1, 0.15) is 0 Å². The number of aryl methyl sites for hydroxylation is 1. The van der Waals surface area contributed by atoms with Crippen molar-refractivity contribution in [2.45, 2.75) is 31.3 Å². The van der Waals surface area contributed by atoms with E-state index in [-0.39, 0.29) is 23.4 Å². The number of hydrogen-bond donors (Lipinski definition) is 2. The van der Waals surface area contributed by atoms with Gasteiger partial charge >= 0.3 is 0 Å². The lowest BCUT2D eigenvalue weighted by Gasteiger charge is -2.09. The number of hydrogen-bond acceptors (Lipinski definition) is 6. The Balaban J connectivity index is 2.15. The van der Waals surface area contributed by atoms with Crippen molar-refractivity contribution in [1.29, 1.82) is 0 Å². The molecule has 0 bridgehead atoms. The highest BCUT2D eigenvalue weighted by Gasteiger charge is 2.16. The monoisotopic (exact) mass is 296 g/mol. The van der Waals surface area contributed by atoms with E-state index in [1.165, 1.54) is 6.07 Å². The Hall–Kier alpha value is -1.77. The Bertz CT molecular complexity index is 694. The minimum absolute atomic E-state index is 0.0500. The Morgan fingerprint density at radius 1 is 1.45 bits per heavy atom. The maximum absolute atomic E-state index is 12.1. The summed E-state index contributed by atoms with van der Waals surface area (Å²) in [6, 6.07) is 6.26. The zero-order chi connectivity index (χ0) is 14.8. The van der Waals surface area contributed by atoms with E-state index in [1.807, 2.05) is 0 Å². The van der Waals surface area contributed by atoms with Gasteiger partial charge in [-0.05, 0) is 31.5 Å². The maximum Gasteiger partial charge on any atom is 0.241 e. The first-order chi connectivity index (χ1) is 9.38. The number of aromatic nitrogens is 2. The molecule has 0 radical (unpaired) electrons. The first-order valence-electron chi connectivity index (χ1n) is 6.03. The predicted molar refractivity (Wildman–Crippen MR) is 72.1 cm³/mol. The summed E-state index contributed by atoms with van der Waals surface area (Å²) in [5.74, 6) is 0.674. The molecule has 0 saturated heterocycles. The Labute approximate surface area is 117 Å². The van der Waals surface area contributed by atoms with Crippen LogP contribution in [0, 0.1) is 6.92 Å². The molecule has 1 unspecified atom stereocenters. The number of sulfonamides is 1. The van der Waals surface area contributed by atoms with Gasteiger partial charge in [-0.15, -0.1) is 0 Å².